The Balaban J connectivity index is 2.06. The molecular formula is C15H20FNO2. The number of aryl methyl sites for hydroxylation is 1. The van der Waals surface area contributed by atoms with Crippen LogP contribution in [0.5, 0.6) is 0 Å². The standard InChI is InChI=1S/C15H20FNO2/c1-11-8-12(4-5-13(11)16)9-17-7-3-6-15(2,10-17)14(18)19/h4-5,8H,3,6-7,9-10H2,1-2H3,(H,18,19). The molecule has 0 aromatic heterocycles. The van der Waals surface area contributed by atoms with Crippen LogP contribution in [0, 0.1) is 18.2 Å². The van der Waals surface area contributed by atoms with E-state index in [0.29, 0.717) is 18.7 Å². The van der Waals surface area contributed by atoms with E-state index in [2.05, 4.69) is 4.90 Å². The number of rotatable bonds is 3. The van der Waals surface area contributed by atoms with Gasteiger partial charge in [0.2, 0.25) is 0 Å². The SMILES string of the molecule is Cc1cc(CN2CCCC(C)(C(=O)O)C2)ccc1F. The van der Waals surface area contributed by atoms with E-state index in [-0.39, 0.29) is 5.82 Å². The maximum atomic E-state index is 13.2. The third-order valence-corrected chi connectivity index (χ3v) is 3.92. The normalized spacial score (nSPS) is 24.4. The molecule has 1 aliphatic rings. The van der Waals surface area contributed by atoms with Crippen molar-refractivity contribution in [2.45, 2.75) is 33.2 Å². The first-order valence-electron chi connectivity index (χ1n) is 6.61. The fourth-order valence-electron chi connectivity index (χ4n) is 2.72. The number of nitrogens with zero attached hydrogens (tertiary/aromatic N) is 1. The van der Waals surface area contributed by atoms with E-state index in [1.807, 2.05) is 6.07 Å². The number of piperidine rings is 1. The van der Waals surface area contributed by atoms with Crippen LogP contribution in [-0.2, 0) is 11.3 Å². The molecule has 0 aliphatic carbocycles. The molecule has 19 heavy (non-hydrogen) atoms. The zero-order valence-electron chi connectivity index (χ0n) is 11.4. The maximum absolute atomic E-state index is 13.2. The molecule has 3 nitrogen and oxygen atoms in total. The van der Waals surface area contributed by atoms with Crippen LogP contribution in [-0.4, -0.2) is 29.1 Å². The Labute approximate surface area is 113 Å². The van der Waals surface area contributed by atoms with Crippen molar-refractivity contribution in [3.05, 3.63) is 35.1 Å². The number of aliphatic carboxylic acids is 1. The first-order valence-corrected chi connectivity index (χ1v) is 6.61. The Hall–Kier alpha value is -1.42. The highest BCUT2D eigenvalue weighted by Crippen LogP contribution is 2.30. The van der Waals surface area contributed by atoms with E-state index >= 15 is 0 Å². The molecule has 1 aromatic rings. The van der Waals surface area contributed by atoms with Gasteiger partial charge in [-0.2, -0.15) is 0 Å². The monoisotopic (exact) mass is 265 g/mol. The van der Waals surface area contributed by atoms with Crippen LogP contribution in [0.4, 0.5) is 4.39 Å². The van der Waals surface area contributed by atoms with Crippen LogP contribution in [0.2, 0.25) is 0 Å². The number of hydrogen-bond donors (Lipinski definition) is 1. The van der Waals surface area contributed by atoms with Gasteiger partial charge in [0.1, 0.15) is 5.82 Å². The molecule has 1 heterocycles. The van der Waals surface area contributed by atoms with Crippen molar-refractivity contribution < 1.29 is 14.3 Å². The second kappa shape index (κ2) is 5.29. The lowest BCUT2D eigenvalue weighted by molar-refractivity contribution is -0.151. The number of carboxylic acids is 1. The van der Waals surface area contributed by atoms with Gasteiger partial charge in [0.15, 0.2) is 0 Å². The summed E-state index contributed by atoms with van der Waals surface area (Å²) in [5.74, 6) is -0.926. The summed E-state index contributed by atoms with van der Waals surface area (Å²) in [5, 5.41) is 9.29. The third-order valence-electron chi connectivity index (χ3n) is 3.92. The first kappa shape index (κ1) is 14.0. The molecule has 1 aromatic carbocycles. The van der Waals surface area contributed by atoms with E-state index in [1.54, 1.807) is 19.9 Å². The molecule has 104 valence electrons. The van der Waals surface area contributed by atoms with Crippen molar-refractivity contribution in [3.8, 4) is 0 Å². The summed E-state index contributed by atoms with van der Waals surface area (Å²) in [5.41, 5.74) is 1.01. The summed E-state index contributed by atoms with van der Waals surface area (Å²) in [7, 11) is 0. The van der Waals surface area contributed by atoms with Gasteiger partial charge in [0.25, 0.3) is 0 Å². The highest BCUT2D eigenvalue weighted by Gasteiger charge is 2.37. The van der Waals surface area contributed by atoms with Crippen LogP contribution in [0.25, 0.3) is 0 Å². The van der Waals surface area contributed by atoms with Crippen LogP contribution < -0.4 is 0 Å². The average molecular weight is 265 g/mol. The number of hydrogen-bond acceptors (Lipinski definition) is 2. The van der Waals surface area contributed by atoms with Crippen LogP contribution in [0.3, 0.4) is 0 Å². The predicted octanol–water partition coefficient (Wildman–Crippen LogP) is 2.82. The molecule has 1 unspecified atom stereocenters. The van der Waals surface area contributed by atoms with E-state index < -0.39 is 11.4 Å². The van der Waals surface area contributed by atoms with Gasteiger partial charge < -0.3 is 5.11 Å². The Bertz CT molecular complexity index is 489. The predicted molar refractivity (Wildman–Crippen MR) is 71.4 cm³/mol. The lowest BCUT2D eigenvalue weighted by Gasteiger charge is -2.37. The quantitative estimate of drug-likeness (QED) is 0.913. The number of carbonyl (C=O) groups is 1. The van der Waals surface area contributed by atoms with Crippen LogP contribution >= 0.6 is 0 Å². The Morgan fingerprint density at radius 1 is 1.53 bits per heavy atom. The third kappa shape index (κ3) is 3.13. The topological polar surface area (TPSA) is 40.5 Å². The molecule has 1 aliphatic heterocycles. The summed E-state index contributed by atoms with van der Waals surface area (Å²) in [6.07, 6.45) is 1.62. The van der Waals surface area contributed by atoms with Crippen molar-refractivity contribution in [1.82, 2.24) is 4.90 Å². The molecule has 1 N–H and O–H groups in total. The van der Waals surface area contributed by atoms with Crippen molar-refractivity contribution in [3.63, 3.8) is 0 Å². The molecule has 0 amide bonds. The van der Waals surface area contributed by atoms with Crippen LogP contribution in [0.15, 0.2) is 18.2 Å². The summed E-state index contributed by atoms with van der Waals surface area (Å²) in [6, 6.07) is 5.09. The molecule has 0 radical (unpaired) electrons. The minimum absolute atomic E-state index is 0.197. The van der Waals surface area contributed by atoms with Gasteiger partial charge in [-0.1, -0.05) is 12.1 Å². The summed E-state index contributed by atoms with van der Waals surface area (Å²) < 4.78 is 13.2. The van der Waals surface area contributed by atoms with Gasteiger partial charge in [-0.3, -0.25) is 9.69 Å². The Morgan fingerprint density at radius 2 is 2.26 bits per heavy atom. The van der Waals surface area contributed by atoms with Crippen molar-refractivity contribution in [2.75, 3.05) is 13.1 Å². The number of halogens is 1. The van der Waals surface area contributed by atoms with Crippen molar-refractivity contribution in [1.29, 1.82) is 0 Å². The highest BCUT2D eigenvalue weighted by molar-refractivity contribution is 5.74. The molecule has 0 bridgehead atoms. The van der Waals surface area contributed by atoms with E-state index in [0.717, 1.165) is 24.9 Å². The molecule has 0 saturated carbocycles. The lowest BCUT2D eigenvalue weighted by atomic mass is 9.82. The second-order valence-electron chi connectivity index (χ2n) is 5.76. The van der Waals surface area contributed by atoms with E-state index in [4.69, 9.17) is 0 Å². The highest BCUT2D eigenvalue weighted by atomic mass is 19.1. The van der Waals surface area contributed by atoms with Crippen LogP contribution in [0.1, 0.15) is 30.9 Å². The zero-order chi connectivity index (χ0) is 14.0. The number of benzene rings is 1. The second-order valence-corrected chi connectivity index (χ2v) is 5.76. The fourth-order valence-corrected chi connectivity index (χ4v) is 2.72. The van der Waals surface area contributed by atoms with Gasteiger partial charge in [-0.05, 0) is 50.4 Å². The summed E-state index contributed by atoms with van der Waals surface area (Å²) in [4.78, 5) is 13.4. The number of likely N-dealkylation sites (tertiary alicyclic amines) is 1. The molecule has 2 rings (SSSR count). The number of carboxylic acid groups (broad SMARTS) is 1. The van der Waals surface area contributed by atoms with Gasteiger partial charge in [0.05, 0.1) is 5.41 Å². The van der Waals surface area contributed by atoms with E-state index in [9.17, 15) is 14.3 Å². The molecule has 1 fully saturated rings. The minimum Gasteiger partial charge on any atom is -0.481 e. The van der Waals surface area contributed by atoms with E-state index in [1.165, 1.54) is 6.07 Å². The van der Waals surface area contributed by atoms with Gasteiger partial charge >= 0.3 is 5.97 Å². The summed E-state index contributed by atoms with van der Waals surface area (Å²) >= 11 is 0. The van der Waals surface area contributed by atoms with Gasteiger partial charge in [-0.15, -0.1) is 0 Å². The summed E-state index contributed by atoms with van der Waals surface area (Å²) in [6.45, 7) is 5.69. The Kier molecular flexibility index (Phi) is 3.90. The average Bonchev–Trinajstić information content (AvgIpc) is 2.34. The Morgan fingerprint density at radius 3 is 2.89 bits per heavy atom. The smallest absolute Gasteiger partial charge is 0.310 e. The van der Waals surface area contributed by atoms with Gasteiger partial charge in [0, 0.05) is 13.1 Å². The van der Waals surface area contributed by atoms with Crippen molar-refractivity contribution in [2.24, 2.45) is 5.41 Å². The molecular weight excluding hydrogens is 245 g/mol. The zero-order valence-corrected chi connectivity index (χ0v) is 11.4. The fraction of sp³-hybridized carbons (Fsp3) is 0.533. The van der Waals surface area contributed by atoms with Crippen molar-refractivity contribution >= 4 is 5.97 Å². The largest absolute Gasteiger partial charge is 0.481 e. The first-order chi connectivity index (χ1) is 8.90. The molecule has 1 atom stereocenters. The minimum atomic E-state index is -0.729. The molecule has 4 heteroatoms. The maximum Gasteiger partial charge on any atom is 0.310 e. The molecule has 1 saturated heterocycles. The van der Waals surface area contributed by atoms with Gasteiger partial charge in [-0.25, -0.2) is 4.39 Å². The molecule has 0 spiro atoms. The lowest BCUT2D eigenvalue weighted by Crippen LogP contribution is -2.45.